The number of hydrogen-bond donors (Lipinski definition) is 1. The molecule has 0 amide bonds. The van der Waals surface area contributed by atoms with E-state index in [-0.39, 0.29) is 0 Å². The van der Waals surface area contributed by atoms with Crippen molar-refractivity contribution in [3.63, 3.8) is 0 Å². The number of thiophene rings is 1. The van der Waals surface area contributed by atoms with Crippen LogP contribution in [0.15, 0.2) is 53.9 Å². The summed E-state index contributed by atoms with van der Waals surface area (Å²) in [5.41, 5.74) is 8.66. The molecule has 1 heterocycles. The normalized spacial score (nSPS) is 12.7. The molecule has 21 heavy (non-hydrogen) atoms. The lowest BCUT2D eigenvalue weighted by Crippen LogP contribution is -2.19. The van der Waals surface area contributed by atoms with E-state index in [4.69, 9.17) is 17.3 Å². The second-order valence-corrected chi connectivity index (χ2v) is 6.74. The fourth-order valence-corrected chi connectivity index (χ4v) is 3.93. The highest BCUT2D eigenvalue weighted by atomic mass is 35.5. The maximum atomic E-state index is 6.06. The van der Waals surface area contributed by atoms with E-state index in [0.717, 1.165) is 17.9 Å². The summed E-state index contributed by atoms with van der Waals surface area (Å²) in [5, 5.41) is 4.43. The van der Waals surface area contributed by atoms with Gasteiger partial charge in [-0.3, -0.25) is 0 Å². The molecule has 0 saturated heterocycles. The standard InChI is InChI=1S/C18H18ClNS/c19-16-5-3-4-13(10-16)8-14(11-20)9-15-12-21-18-7-2-1-6-17(15)18/h1-7,10,12,14H,8-9,11,20H2. The summed E-state index contributed by atoms with van der Waals surface area (Å²) in [7, 11) is 0. The lowest BCUT2D eigenvalue weighted by atomic mass is 9.92. The van der Waals surface area contributed by atoms with Crippen molar-refractivity contribution in [2.45, 2.75) is 12.8 Å². The minimum absolute atomic E-state index is 0.446. The van der Waals surface area contributed by atoms with Crippen LogP contribution >= 0.6 is 22.9 Å². The first-order chi connectivity index (χ1) is 10.3. The largest absolute Gasteiger partial charge is 0.330 e. The van der Waals surface area contributed by atoms with Crippen molar-refractivity contribution in [2.24, 2.45) is 11.7 Å². The molecule has 0 radical (unpaired) electrons. The number of rotatable bonds is 5. The Hall–Kier alpha value is -1.35. The lowest BCUT2D eigenvalue weighted by molar-refractivity contribution is 0.535. The molecule has 0 saturated carbocycles. The van der Waals surface area contributed by atoms with E-state index in [0.29, 0.717) is 12.5 Å². The van der Waals surface area contributed by atoms with Crippen molar-refractivity contribution >= 4 is 33.0 Å². The monoisotopic (exact) mass is 315 g/mol. The zero-order chi connectivity index (χ0) is 14.7. The third kappa shape index (κ3) is 3.46. The van der Waals surface area contributed by atoms with E-state index in [2.05, 4.69) is 35.7 Å². The summed E-state index contributed by atoms with van der Waals surface area (Å²) in [6.45, 7) is 0.691. The third-order valence-electron chi connectivity index (χ3n) is 3.82. The first kappa shape index (κ1) is 14.6. The molecule has 2 N–H and O–H groups in total. The maximum absolute atomic E-state index is 6.06. The molecular weight excluding hydrogens is 298 g/mol. The average molecular weight is 316 g/mol. The van der Waals surface area contributed by atoms with Crippen LogP contribution in [0.5, 0.6) is 0 Å². The second-order valence-electron chi connectivity index (χ2n) is 5.40. The van der Waals surface area contributed by atoms with Crippen molar-refractivity contribution in [1.82, 2.24) is 0 Å². The van der Waals surface area contributed by atoms with Crippen molar-refractivity contribution in [1.29, 1.82) is 0 Å². The van der Waals surface area contributed by atoms with E-state index >= 15 is 0 Å². The average Bonchev–Trinajstić information content (AvgIpc) is 2.90. The summed E-state index contributed by atoms with van der Waals surface area (Å²) in [4.78, 5) is 0. The number of benzene rings is 2. The maximum Gasteiger partial charge on any atom is 0.0408 e. The van der Waals surface area contributed by atoms with Gasteiger partial charge in [0.2, 0.25) is 0 Å². The molecule has 0 spiro atoms. The summed E-state index contributed by atoms with van der Waals surface area (Å²) in [6, 6.07) is 16.7. The van der Waals surface area contributed by atoms with Crippen LogP contribution in [0.3, 0.4) is 0 Å². The summed E-state index contributed by atoms with van der Waals surface area (Å²) >= 11 is 7.88. The SMILES string of the molecule is NCC(Cc1cccc(Cl)c1)Cc1csc2ccccc12. The Morgan fingerprint density at radius 2 is 1.90 bits per heavy atom. The third-order valence-corrected chi connectivity index (χ3v) is 5.06. The predicted molar refractivity (Wildman–Crippen MR) is 93.2 cm³/mol. The van der Waals surface area contributed by atoms with E-state index in [1.165, 1.54) is 21.2 Å². The van der Waals surface area contributed by atoms with Crippen LogP contribution in [0.25, 0.3) is 10.1 Å². The number of nitrogens with two attached hydrogens (primary N) is 1. The first-order valence-electron chi connectivity index (χ1n) is 7.16. The minimum Gasteiger partial charge on any atom is -0.330 e. The molecule has 1 nitrogen and oxygen atoms in total. The topological polar surface area (TPSA) is 26.0 Å². The van der Waals surface area contributed by atoms with Crippen molar-refractivity contribution in [2.75, 3.05) is 6.54 Å². The zero-order valence-corrected chi connectivity index (χ0v) is 13.3. The number of fused-ring (bicyclic) bond motifs is 1. The van der Waals surface area contributed by atoms with Crippen LogP contribution in [0, 0.1) is 5.92 Å². The molecule has 0 aliphatic heterocycles. The zero-order valence-electron chi connectivity index (χ0n) is 11.8. The van der Waals surface area contributed by atoms with E-state index in [1.54, 1.807) is 0 Å². The Labute approximate surface area is 134 Å². The summed E-state index contributed by atoms with van der Waals surface area (Å²) in [5.74, 6) is 0.446. The number of halogens is 1. The highest BCUT2D eigenvalue weighted by Crippen LogP contribution is 2.28. The Bertz CT molecular complexity index is 735. The van der Waals surface area contributed by atoms with Gasteiger partial charge in [0.1, 0.15) is 0 Å². The van der Waals surface area contributed by atoms with E-state index in [1.807, 2.05) is 29.5 Å². The molecule has 1 unspecified atom stereocenters. The molecular formula is C18H18ClNS. The van der Waals surface area contributed by atoms with E-state index < -0.39 is 0 Å². The fourth-order valence-electron chi connectivity index (χ4n) is 2.74. The Kier molecular flexibility index (Phi) is 4.59. The van der Waals surface area contributed by atoms with E-state index in [9.17, 15) is 0 Å². The molecule has 3 aromatic rings. The van der Waals surface area contributed by atoms with Crippen LogP contribution in [0.2, 0.25) is 5.02 Å². The highest BCUT2D eigenvalue weighted by molar-refractivity contribution is 7.17. The van der Waals surface area contributed by atoms with Crippen LogP contribution in [-0.2, 0) is 12.8 Å². The summed E-state index contributed by atoms with van der Waals surface area (Å²) < 4.78 is 1.35. The molecule has 3 heteroatoms. The Morgan fingerprint density at radius 3 is 2.71 bits per heavy atom. The number of hydrogen-bond acceptors (Lipinski definition) is 2. The first-order valence-corrected chi connectivity index (χ1v) is 8.41. The molecule has 1 aromatic heterocycles. The predicted octanol–water partition coefficient (Wildman–Crippen LogP) is 4.91. The van der Waals surface area contributed by atoms with Gasteiger partial charge in [-0.15, -0.1) is 11.3 Å². The van der Waals surface area contributed by atoms with Gasteiger partial charge in [-0.05, 0) is 65.4 Å². The molecule has 0 bridgehead atoms. The van der Waals surface area contributed by atoms with Crippen LogP contribution in [-0.4, -0.2) is 6.54 Å². The quantitative estimate of drug-likeness (QED) is 0.711. The van der Waals surface area contributed by atoms with Gasteiger partial charge in [-0.2, -0.15) is 0 Å². The van der Waals surface area contributed by atoms with Gasteiger partial charge in [0.05, 0.1) is 0 Å². The molecule has 2 aromatic carbocycles. The van der Waals surface area contributed by atoms with Crippen molar-refractivity contribution in [3.05, 3.63) is 70.1 Å². The Balaban J connectivity index is 1.78. The van der Waals surface area contributed by atoms with Gasteiger partial charge in [0.15, 0.2) is 0 Å². The molecule has 1 atom stereocenters. The van der Waals surface area contributed by atoms with Crippen LogP contribution in [0.4, 0.5) is 0 Å². The minimum atomic E-state index is 0.446. The molecule has 3 rings (SSSR count). The highest BCUT2D eigenvalue weighted by Gasteiger charge is 2.12. The molecule has 0 aliphatic rings. The van der Waals surface area contributed by atoms with Gasteiger partial charge in [-0.1, -0.05) is 41.9 Å². The van der Waals surface area contributed by atoms with Crippen LogP contribution in [0.1, 0.15) is 11.1 Å². The van der Waals surface area contributed by atoms with Gasteiger partial charge >= 0.3 is 0 Å². The molecule has 108 valence electrons. The van der Waals surface area contributed by atoms with Gasteiger partial charge < -0.3 is 5.73 Å². The van der Waals surface area contributed by atoms with Gasteiger partial charge in [-0.25, -0.2) is 0 Å². The summed E-state index contributed by atoms with van der Waals surface area (Å²) in [6.07, 6.45) is 1.99. The lowest BCUT2D eigenvalue weighted by Gasteiger charge is -2.14. The molecule has 0 fully saturated rings. The Morgan fingerprint density at radius 1 is 1.05 bits per heavy atom. The fraction of sp³-hybridized carbons (Fsp3) is 0.222. The van der Waals surface area contributed by atoms with Crippen molar-refractivity contribution in [3.8, 4) is 0 Å². The van der Waals surface area contributed by atoms with Gasteiger partial charge in [0, 0.05) is 9.72 Å². The van der Waals surface area contributed by atoms with Crippen molar-refractivity contribution < 1.29 is 0 Å². The smallest absolute Gasteiger partial charge is 0.0408 e. The van der Waals surface area contributed by atoms with Gasteiger partial charge in [0.25, 0.3) is 0 Å². The van der Waals surface area contributed by atoms with Crippen LogP contribution < -0.4 is 5.73 Å². The molecule has 0 aliphatic carbocycles. The second kappa shape index (κ2) is 6.61.